The van der Waals surface area contributed by atoms with E-state index in [-0.39, 0.29) is 17.9 Å². The summed E-state index contributed by atoms with van der Waals surface area (Å²) in [5, 5.41) is 2.84. The zero-order valence-electron chi connectivity index (χ0n) is 15.3. The maximum absolute atomic E-state index is 12.7. The molecule has 1 spiro atoms. The Kier molecular flexibility index (Phi) is 5.56. The Hall–Kier alpha value is -1.59. The number of hydrogen-bond donors (Lipinski definition) is 1. The Balaban J connectivity index is 1.95. The summed E-state index contributed by atoms with van der Waals surface area (Å²) in [4.78, 5) is 37.8. The normalized spacial score (nSPS) is 27.5. The summed E-state index contributed by atoms with van der Waals surface area (Å²) in [6.45, 7) is 8.68. The topological polar surface area (TPSA) is 75.7 Å². The van der Waals surface area contributed by atoms with Gasteiger partial charge in [-0.1, -0.05) is 34.1 Å². The second kappa shape index (κ2) is 7.11. The highest BCUT2D eigenvalue weighted by atomic mass is 16.5. The van der Waals surface area contributed by atoms with E-state index in [1.54, 1.807) is 0 Å². The molecule has 136 valence electrons. The van der Waals surface area contributed by atoms with Crippen LogP contribution in [0.15, 0.2) is 0 Å². The lowest BCUT2D eigenvalue weighted by Crippen LogP contribution is -2.50. The molecule has 0 aromatic heterocycles. The number of hydrogen-bond acceptors (Lipinski definition) is 4. The van der Waals surface area contributed by atoms with Crippen LogP contribution in [0.25, 0.3) is 0 Å². The van der Waals surface area contributed by atoms with Crippen LogP contribution in [0.3, 0.4) is 0 Å². The van der Waals surface area contributed by atoms with Crippen molar-refractivity contribution >= 4 is 17.9 Å². The van der Waals surface area contributed by atoms with Crippen LogP contribution in [0, 0.1) is 11.3 Å². The second-order valence-corrected chi connectivity index (χ2v) is 8.12. The van der Waals surface area contributed by atoms with Crippen LogP contribution in [0.1, 0.15) is 66.2 Å². The number of unbranched alkanes of at least 4 members (excludes halogenated alkanes) is 1. The van der Waals surface area contributed by atoms with Crippen molar-refractivity contribution in [3.05, 3.63) is 0 Å². The van der Waals surface area contributed by atoms with Gasteiger partial charge in [-0.3, -0.25) is 14.5 Å². The van der Waals surface area contributed by atoms with Gasteiger partial charge in [-0.05, 0) is 43.4 Å². The van der Waals surface area contributed by atoms with Crippen molar-refractivity contribution in [2.75, 3.05) is 13.2 Å². The molecule has 2 rings (SSSR count). The molecule has 0 bridgehead atoms. The number of nitrogens with zero attached hydrogens (tertiary/aromatic N) is 1. The molecule has 2 fully saturated rings. The maximum atomic E-state index is 12.7. The molecule has 1 heterocycles. The molecule has 0 atom stereocenters. The summed E-state index contributed by atoms with van der Waals surface area (Å²) in [6, 6.07) is -0.471. The van der Waals surface area contributed by atoms with Gasteiger partial charge in [0.25, 0.3) is 5.91 Å². The van der Waals surface area contributed by atoms with Gasteiger partial charge in [-0.25, -0.2) is 4.79 Å². The highest BCUT2D eigenvalue weighted by Crippen LogP contribution is 2.43. The lowest BCUT2D eigenvalue weighted by molar-refractivity contribution is -0.148. The number of rotatable bonds is 5. The molecule has 3 amide bonds. The molecule has 2 aliphatic rings. The highest BCUT2D eigenvalue weighted by Gasteiger charge is 2.53. The molecular formula is C18H30N2O4. The van der Waals surface area contributed by atoms with E-state index >= 15 is 0 Å². The van der Waals surface area contributed by atoms with E-state index in [0.29, 0.717) is 25.4 Å². The number of ether oxygens (including phenoxy) is 1. The Bertz CT molecular complexity index is 502. The molecule has 24 heavy (non-hydrogen) atoms. The zero-order valence-corrected chi connectivity index (χ0v) is 15.3. The molecule has 6 nitrogen and oxygen atoms in total. The van der Waals surface area contributed by atoms with Crippen molar-refractivity contribution in [2.24, 2.45) is 11.3 Å². The molecule has 1 aliphatic heterocycles. The summed E-state index contributed by atoms with van der Waals surface area (Å²) in [6.07, 6.45) is 4.80. The summed E-state index contributed by atoms with van der Waals surface area (Å²) in [5.41, 5.74) is -0.613. The van der Waals surface area contributed by atoms with E-state index in [4.69, 9.17) is 4.74 Å². The quantitative estimate of drug-likeness (QED) is 0.475. The van der Waals surface area contributed by atoms with Crippen molar-refractivity contribution in [1.29, 1.82) is 0 Å². The van der Waals surface area contributed by atoms with E-state index in [0.717, 1.165) is 30.6 Å². The van der Waals surface area contributed by atoms with Crippen LogP contribution in [0.4, 0.5) is 4.79 Å². The van der Waals surface area contributed by atoms with Gasteiger partial charge in [0.2, 0.25) is 0 Å². The van der Waals surface area contributed by atoms with E-state index in [1.807, 2.05) is 6.92 Å². The van der Waals surface area contributed by atoms with Crippen LogP contribution < -0.4 is 5.32 Å². The van der Waals surface area contributed by atoms with Gasteiger partial charge in [0.1, 0.15) is 12.1 Å². The zero-order chi connectivity index (χ0) is 18.0. The van der Waals surface area contributed by atoms with Gasteiger partial charge in [0, 0.05) is 0 Å². The van der Waals surface area contributed by atoms with Crippen LogP contribution in [-0.4, -0.2) is 41.5 Å². The van der Waals surface area contributed by atoms with Crippen molar-refractivity contribution in [3.8, 4) is 0 Å². The fraction of sp³-hybridized carbons (Fsp3) is 0.833. The number of amides is 3. The third kappa shape index (κ3) is 3.90. The minimum Gasteiger partial charge on any atom is -0.464 e. The fourth-order valence-corrected chi connectivity index (χ4v) is 3.64. The number of nitrogens with one attached hydrogen (secondary N) is 1. The van der Waals surface area contributed by atoms with E-state index in [9.17, 15) is 14.4 Å². The van der Waals surface area contributed by atoms with E-state index < -0.39 is 17.5 Å². The first-order valence-corrected chi connectivity index (χ1v) is 8.99. The molecular weight excluding hydrogens is 308 g/mol. The van der Waals surface area contributed by atoms with Crippen LogP contribution in [-0.2, 0) is 14.3 Å². The molecule has 0 unspecified atom stereocenters. The molecule has 1 aliphatic carbocycles. The van der Waals surface area contributed by atoms with Gasteiger partial charge >= 0.3 is 12.0 Å². The predicted octanol–water partition coefficient (Wildman–Crippen LogP) is 2.86. The van der Waals surface area contributed by atoms with Gasteiger partial charge in [0.05, 0.1) is 6.61 Å². The molecule has 1 saturated heterocycles. The number of imide groups is 1. The van der Waals surface area contributed by atoms with E-state index in [2.05, 4.69) is 26.1 Å². The van der Waals surface area contributed by atoms with Crippen LogP contribution in [0.2, 0.25) is 0 Å². The fourth-order valence-electron chi connectivity index (χ4n) is 3.64. The van der Waals surface area contributed by atoms with Crippen LogP contribution in [0.5, 0.6) is 0 Å². The molecule has 0 aromatic carbocycles. The highest BCUT2D eigenvalue weighted by molar-refractivity contribution is 6.08. The lowest BCUT2D eigenvalue weighted by atomic mass is 9.67. The number of esters is 1. The number of urea groups is 1. The van der Waals surface area contributed by atoms with Gasteiger partial charge in [-0.15, -0.1) is 0 Å². The second-order valence-electron chi connectivity index (χ2n) is 8.12. The molecule has 1 N–H and O–H groups in total. The monoisotopic (exact) mass is 338 g/mol. The van der Waals surface area contributed by atoms with Crippen molar-refractivity contribution in [2.45, 2.75) is 71.8 Å². The largest absolute Gasteiger partial charge is 0.464 e. The molecule has 6 heteroatoms. The number of carbonyl (C=O) groups excluding carboxylic acids is 3. The first kappa shape index (κ1) is 18.7. The molecule has 0 aromatic rings. The minimum absolute atomic E-state index is 0.204. The van der Waals surface area contributed by atoms with Gasteiger partial charge < -0.3 is 10.1 Å². The van der Waals surface area contributed by atoms with E-state index in [1.165, 1.54) is 0 Å². The summed E-state index contributed by atoms with van der Waals surface area (Å²) < 4.78 is 5.07. The Morgan fingerprint density at radius 2 is 1.92 bits per heavy atom. The lowest BCUT2D eigenvalue weighted by Gasteiger charge is -2.40. The van der Waals surface area contributed by atoms with Gasteiger partial charge in [-0.2, -0.15) is 0 Å². The Labute approximate surface area is 144 Å². The first-order valence-electron chi connectivity index (χ1n) is 8.99. The Morgan fingerprint density at radius 3 is 2.46 bits per heavy atom. The average molecular weight is 338 g/mol. The summed E-state index contributed by atoms with van der Waals surface area (Å²) in [7, 11) is 0. The van der Waals surface area contributed by atoms with Gasteiger partial charge in [0.15, 0.2) is 0 Å². The smallest absolute Gasteiger partial charge is 0.326 e. The SMILES string of the molecule is CCCCOC(=O)CN1C(=O)NC2(CCC(C(C)(C)C)CC2)C1=O. The van der Waals surface area contributed by atoms with Crippen molar-refractivity contribution in [3.63, 3.8) is 0 Å². The Morgan fingerprint density at radius 1 is 1.29 bits per heavy atom. The maximum Gasteiger partial charge on any atom is 0.326 e. The average Bonchev–Trinajstić information content (AvgIpc) is 2.71. The minimum atomic E-state index is -0.817. The molecule has 0 radical (unpaired) electrons. The number of carbonyl (C=O) groups is 3. The van der Waals surface area contributed by atoms with Crippen LogP contribution >= 0.6 is 0 Å². The standard InChI is InChI=1S/C18H30N2O4/c1-5-6-11-24-14(21)12-20-15(22)18(19-16(20)23)9-7-13(8-10-18)17(2,3)4/h13H,5-12H2,1-4H3,(H,19,23). The predicted molar refractivity (Wildman–Crippen MR) is 90.3 cm³/mol. The summed E-state index contributed by atoms with van der Waals surface area (Å²) >= 11 is 0. The third-order valence-electron chi connectivity index (χ3n) is 5.36. The van der Waals surface area contributed by atoms with Crippen molar-refractivity contribution in [1.82, 2.24) is 10.2 Å². The molecule has 1 saturated carbocycles. The third-order valence-corrected chi connectivity index (χ3v) is 5.36. The summed E-state index contributed by atoms with van der Waals surface area (Å²) in [5.74, 6) is -0.249. The first-order chi connectivity index (χ1) is 11.2. The van der Waals surface area contributed by atoms with Crippen molar-refractivity contribution < 1.29 is 19.1 Å².